The van der Waals surface area contributed by atoms with Gasteiger partial charge in [-0.15, -0.1) is 29.9 Å². The first-order chi connectivity index (χ1) is 64.9. The van der Waals surface area contributed by atoms with Crippen LogP contribution in [-0.2, 0) is 38.7 Å². The summed E-state index contributed by atoms with van der Waals surface area (Å²) >= 11 is 0. The van der Waals surface area contributed by atoms with E-state index in [1.807, 2.05) is 190 Å². The number of carbonyl (C=O) groups excluding carboxylic acids is 2. The third kappa shape index (κ3) is 13.3. The van der Waals surface area contributed by atoms with Gasteiger partial charge in [0.25, 0.3) is 34.9 Å². The molecule has 2 atom stereocenters. The van der Waals surface area contributed by atoms with E-state index in [1.165, 1.54) is 5.56 Å². The molecule has 0 saturated carbocycles. The Morgan fingerprint density at radius 1 is 0.323 bits per heavy atom. The van der Waals surface area contributed by atoms with E-state index in [-0.39, 0.29) is 94.2 Å². The highest BCUT2D eigenvalue weighted by Crippen LogP contribution is 2.52. The predicted molar refractivity (Wildman–Crippen MR) is 504 cm³/mol. The van der Waals surface area contributed by atoms with Gasteiger partial charge in [0.05, 0.1) is 39.0 Å². The topological polar surface area (TPSA) is 376 Å². The second kappa shape index (κ2) is 33.2. The molecule has 133 heavy (non-hydrogen) atoms. The van der Waals surface area contributed by atoms with E-state index in [0.717, 1.165) is 117 Å². The number of benzene rings is 15. The van der Waals surface area contributed by atoms with Crippen LogP contribution in [0.1, 0.15) is 91.4 Å². The van der Waals surface area contributed by atoms with E-state index in [0.29, 0.717) is 122 Å². The summed E-state index contributed by atoms with van der Waals surface area (Å²) in [6.45, 7) is 57.5. The maximum absolute atomic E-state index is 12.2. The number of hydrogen-bond acceptors (Lipinski definition) is 22. The zero-order valence-corrected chi connectivity index (χ0v) is 70.4. The molecule has 0 radical (unpaired) electrons. The van der Waals surface area contributed by atoms with E-state index in [9.17, 15) is 41.2 Å². The van der Waals surface area contributed by atoms with Gasteiger partial charge in [0.1, 0.15) is 49.6 Å². The highest BCUT2D eigenvalue weighted by Gasteiger charge is 2.33. The van der Waals surface area contributed by atoms with Crippen molar-refractivity contribution in [3.8, 4) is 69.8 Å². The Kier molecular flexibility index (Phi) is 20.6. The average Bonchev–Trinajstić information content (AvgIpc) is 0.701. The summed E-state index contributed by atoms with van der Waals surface area (Å²) in [5.74, 6) is -0.802. The van der Waals surface area contributed by atoms with Crippen LogP contribution in [0, 0.1) is 119 Å². The van der Waals surface area contributed by atoms with Crippen molar-refractivity contribution in [2.45, 2.75) is 60.2 Å². The fourth-order valence-corrected chi connectivity index (χ4v) is 17.6. The van der Waals surface area contributed by atoms with Crippen LogP contribution in [0.5, 0.6) is 0 Å². The number of hydrogen-bond donors (Lipinski definition) is 0. The maximum Gasteiger partial charge on any atom is 0.330 e. The Balaban J connectivity index is 0.000000129. The molecule has 0 N–H and O–H groups in total. The number of fused-ring (bicyclic) bond motifs is 18. The fraction of sp³-hybridized carbons (Fsp3) is 0.105. The lowest BCUT2D eigenvalue weighted by molar-refractivity contribution is -0.149. The summed E-state index contributed by atoms with van der Waals surface area (Å²) in [7, 11) is 0. The number of rotatable bonds is 13. The Hall–Kier alpha value is -20.0. The second-order valence-corrected chi connectivity index (χ2v) is 31.4. The fourth-order valence-electron chi connectivity index (χ4n) is 17.6. The Morgan fingerprint density at radius 2 is 0.571 bits per heavy atom. The van der Waals surface area contributed by atoms with Gasteiger partial charge in [-0.25, -0.2) is 34.7 Å². The minimum absolute atomic E-state index is 0.0394. The predicted octanol–water partition coefficient (Wildman–Crippen LogP) is 23.9. The van der Waals surface area contributed by atoms with Crippen LogP contribution >= 0.6 is 0 Å². The summed E-state index contributed by atoms with van der Waals surface area (Å²) in [6, 6.07) is 64.3. The van der Waals surface area contributed by atoms with Gasteiger partial charge in [-0.05, 0) is 105 Å². The molecule has 6 heterocycles. The Morgan fingerprint density at radius 3 is 0.820 bits per heavy atom. The van der Waals surface area contributed by atoms with Crippen molar-refractivity contribution < 1.29 is 19.1 Å². The van der Waals surface area contributed by atoms with Crippen molar-refractivity contribution in [1.82, 2.24) is 59.8 Å². The Labute approximate surface area is 753 Å². The molecule has 28 nitrogen and oxygen atoms in total. The molecule has 0 spiro atoms. The molecule has 21 rings (SSSR count). The van der Waals surface area contributed by atoms with Crippen LogP contribution in [0.2, 0.25) is 0 Å². The van der Waals surface area contributed by atoms with Crippen molar-refractivity contribution in [3.05, 3.63) is 296 Å². The summed E-state index contributed by atoms with van der Waals surface area (Å²) in [5, 5.41) is 72.5. The molecule has 0 aliphatic rings. The van der Waals surface area contributed by atoms with E-state index in [2.05, 4.69) is 124 Å². The van der Waals surface area contributed by atoms with Crippen molar-refractivity contribution in [1.29, 1.82) is 31.6 Å². The number of nitriles is 6. The molecule has 618 valence electrons. The van der Waals surface area contributed by atoms with Crippen LogP contribution in [0.4, 0.5) is 34.9 Å². The molecular formula is C105H54N24O4. The van der Waals surface area contributed by atoms with Crippen molar-refractivity contribution in [2.24, 2.45) is 11.8 Å². The van der Waals surface area contributed by atoms with Gasteiger partial charge in [0, 0.05) is 103 Å². The SMILES string of the molecule is [C-]#[N+]c1nc2c3cccc4c5nc(C#N)c(C#N)nc5c5c(-c6ccc(CC(C)CC)cc6)ccc(c2nc1[N+]#[C-])c5c34.[C-]#[N+]c1nc2c3cccc4c5nc(C#N)c(C#N)nc5c5c(-c6ccc(COC(=O)C(C)CC)cc6)ccc(c2nc1[N+]#[C-])c5c34.[C-]#[N+]c1nc2c3cccc4c5nc(C#N)c(C#N)nc5c5c(-c6ccc(COC(=O)C=C)cc6)ccc(c2nc1[N+]#[C-])c5c34. The number of aromatic nitrogens is 12. The van der Waals surface area contributed by atoms with Crippen molar-refractivity contribution >= 4 is 210 Å². The quantitative estimate of drug-likeness (QED) is 0.0340. The zero-order chi connectivity index (χ0) is 92.5. The smallest absolute Gasteiger partial charge is 0.330 e. The summed E-state index contributed by atoms with van der Waals surface area (Å²) in [6.07, 6.45) is 3.91. The van der Waals surface area contributed by atoms with Gasteiger partial charge in [0.15, 0.2) is 34.2 Å². The van der Waals surface area contributed by atoms with Crippen LogP contribution in [0.25, 0.3) is 226 Å². The molecule has 6 aromatic heterocycles. The first-order valence-electron chi connectivity index (χ1n) is 41.3. The lowest BCUT2D eigenvalue weighted by atomic mass is 9.87. The molecule has 15 aromatic carbocycles. The van der Waals surface area contributed by atoms with Gasteiger partial charge >= 0.3 is 11.9 Å². The molecule has 0 amide bonds. The first kappa shape index (κ1) is 82.6. The molecule has 0 fully saturated rings. The van der Waals surface area contributed by atoms with Crippen LogP contribution in [0.15, 0.2) is 176 Å². The van der Waals surface area contributed by atoms with Crippen molar-refractivity contribution in [3.63, 3.8) is 0 Å². The third-order valence-electron chi connectivity index (χ3n) is 24.1. The zero-order valence-electron chi connectivity index (χ0n) is 70.4. The third-order valence-corrected chi connectivity index (χ3v) is 24.1. The van der Waals surface area contributed by atoms with Gasteiger partial charge < -0.3 is 38.5 Å². The number of nitrogens with zero attached hydrogens (tertiary/aromatic N) is 24. The standard InChI is InChI=1S/C36H20N8O2.C35H20N8.C34H14N8O2/c1-5-18(2)36(45)46-17-19-9-11-20(12-10-19)21-13-14-24-28-27-22(30-31(24)44-35(40-4)34(39-3)43-30)7-6-8-23(27)32-33(29(21)28)42-26(16-38)25(15-37)41-32;1-5-18(2)15-19-9-11-20(12-10-19)21-13-14-24-28-27-22(30-31(24)43-35(39-4)34(38-3)42-30)7-6-8-23(27)32-33(29(21)28)41-26(17-37)25(16-36)40-32;1-4-25(43)44-16-17-8-10-18(11-9-17)19-12-13-22-27-26-20(29-30(22)42-34(38-3)33(37-2)41-29)6-5-7-21(26)31-32(28(19)27)40-24(15-36)23(14-35)39-31/h6-14,18H,5,17H2,1-2H3;6-14,18H,5,15H2,1-2H3;4-13H,1,16H2. The molecule has 28 heteroatoms. The lowest BCUT2D eigenvalue weighted by Gasteiger charge is -2.17. The highest BCUT2D eigenvalue weighted by atomic mass is 16.5. The van der Waals surface area contributed by atoms with Gasteiger partial charge in [-0.2, -0.15) is 31.6 Å². The van der Waals surface area contributed by atoms with Gasteiger partial charge in [-0.1, -0.05) is 208 Å². The van der Waals surface area contributed by atoms with Crippen molar-refractivity contribution in [2.75, 3.05) is 0 Å². The highest BCUT2D eigenvalue weighted by molar-refractivity contribution is 6.43. The maximum atomic E-state index is 12.2. The lowest BCUT2D eigenvalue weighted by Crippen LogP contribution is -2.13. The largest absolute Gasteiger partial charge is 0.461 e. The van der Waals surface area contributed by atoms with Crippen LogP contribution < -0.4 is 0 Å². The van der Waals surface area contributed by atoms with E-state index >= 15 is 0 Å². The van der Waals surface area contributed by atoms with E-state index in [1.54, 1.807) is 0 Å². The molecule has 0 saturated heterocycles. The van der Waals surface area contributed by atoms with E-state index < -0.39 is 5.97 Å². The molecule has 0 bridgehead atoms. The number of esters is 2. The monoisotopic (exact) mass is 1710 g/mol. The normalized spacial score (nSPS) is 11.5. The second-order valence-electron chi connectivity index (χ2n) is 31.4. The minimum Gasteiger partial charge on any atom is -0.461 e. The van der Waals surface area contributed by atoms with Crippen LogP contribution in [-0.4, -0.2) is 71.7 Å². The van der Waals surface area contributed by atoms with Gasteiger partial charge in [0.2, 0.25) is 33.1 Å². The molecule has 0 aliphatic heterocycles. The summed E-state index contributed by atoms with van der Waals surface area (Å²) in [5.41, 5.74) is 13.2. The summed E-state index contributed by atoms with van der Waals surface area (Å²) in [4.78, 5) is 100. The molecule has 2 unspecified atom stereocenters. The van der Waals surface area contributed by atoms with E-state index in [4.69, 9.17) is 58.9 Å². The minimum atomic E-state index is -0.517. The number of carbonyl (C=O) groups is 2. The molecule has 21 aromatic rings. The average molecular weight is 1720 g/mol. The molecular weight excluding hydrogens is 1660 g/mol. The van der Waals surface area contributed by atoms with Crippen LogP contribution in [0.3, 0.4) is 0 Å². The number of ether oxygens (including phenoxy) is 2. The first-order valence-corrected chi connectivity index (χ1v) is 41.3. The summed E-state index contributed by atoms with van der Waals surface area (Å²) < 4.78 is 10.7. The van der Waals surface area contributed by atoms with Gasteiger partial charge in [-0.3, -0.25) is 4.79 Å². The Bertz CT molecular complexity index is 9320. The molecule has 0 aliphatic carbocycles.